The van der Waals surface area contributed by atoms with Gasteiger partial charge in [0.1, 0.15) is 16.8 Å². The Hall–Kier alpha value is -1.64. The van der Waals surface area contributed by atoms with Crippen LogP contribution in [0.25, 0.3) is 5.70 Å². The fourth-order valence-electron chi connectivity index (χ4n) is 1.54. The molecule has 19 heavy (non-hydrogen) atoms. The minimum atomic E-state index is -4.41. The quantitative estimate of drug-likeness (QED) is 0.716. The summed E-state index contributed by atoms with van der Waals surface area (Å²) in [5.74, 6) is 0. The number of nitriles is 1. The van der Waals surface area contributed by atoms with E-state index in [1.165, 1.54) is 12.1 Å². The zero-order valence-electron chi connectivity index (χ0n) is 9.09. The Kier molecular flexibility index (Phi) is 3.48. The highest BCUT2D eigenvalue weighted by atomic mass is 35.5. The molecule has 0 atom stereocenters. The number of hydrogen-bond donors (Lipinski definition) is 0. The van der Waals surface area contributed by atoms with Crippen LogP contribution in [0.1, 0.15) is 11.1 Å². The third-order valence-corrected chi connectivity index (χ3v) is 3.18. The topological polar surface area (TPSA) is 37.9 Å². The Labute approximate surface area is 116 Å². The summed E-state index contributed by atoms with van der Waals surface area (Å²) in [4.78, 5) is 0. The van der Waals surface area contributed by atoms with Crippen LogP contribution in [0.4, 0.5) is 13.2 Å². The van der Waals surface area contributed by atoms with Gasteiger partial charge in [-0.15, -0.1) is 0 Å². The van der Waals surface area contributed by atoms with Crippen molar-refractivity contribution in [1.82, 2.24) is 5.32 Å². The molecule has 2 nitrogen and oxygen atoms in total. The molecule has 7 heteroatoms. The van der Waals surface area contributed by atoms with Crippen LogP contribution in [-0.2, 0) is 6.18 Å². The molecule has 1 aliphatic rings. The fourth-order valence-corrected chi connectivity index (χ4v) is 1.89. The summed E-state index contributed by atoms with van der Waals surface area (Å²) in [6.45, 7) is 0. The molecule has 0 amide bonds. The number of nitrogens with zero attached hydrogens (tertiary/aromatic N) is 2. The Morgan fingerprint density at radius 2 is 1.68 bits per heavy atom. The van der Waals surface area contributed by atoms with Gasteiger partial charge in [-0.25, -0.2) is 5.32 Å². The van der Waals surface area contributed by atoms with Crippen LogP contribution in [0.3, 0.4) is 0 Å². The summed E-state index contributed by atoms with van der Waals surface area (Å²) < 4.78 is 37.3. The van der Waals surface area contributed by atoms with Crippen molar-refractivity contribution in [2.45, 2.75) is 6.18 Å². The van der Waals surface area contributed by atoms with Gasteiger partial charge in [0, 0.05) is 5.56 Å². The van der Waals surface area contributed by atoms with Gasteiger partial charge < -0.3 is 0 Å². The summed E-state index contributed by atoms with van der Waals surface area (Å²) >= 11 is 11.5. The molecule has 1 aliphatic heterocycles. The molecule has 0 saturated carbocycles. The smallest absolute Gasteiger partial charge is 0.233 e. The van der Waals surface area contributed by atoms with Crippen LogP contribution >= 0.6 is 23.2 Å². The molecule has 0 saturated heterocycles. The van der Waals surface area contributed by atoms with Crippen molar-refractivity contribution in [3.8, 4) is 6.07 Å². The van der Waals surface area contributed by atoms with Crippen molar-refractivity contribution < 1.29 is 13.2 Å². The van der Waals surface area contributed by atoms with Gasteiger partial charge in [-0.3, -0.25) is 0 Å². The lowest BCUT2D eigenvalue weighted by Crippen LogP contribution is -2.05. The molecule has 0 aromatic heterocycles. The van der Waals surface area contributed by atoms with Gasteiger partial charge in [0.25, 0.3) is 0 Å². The van der Waals surface area contributed by atoms with Gasteiger partial charge in [0.15, 0.2) is 0 Å². The lowest BCUT2D eigenvalue weighted by molar-refractivity contribution is -0.137. The van der Waals surface area contributed by atoms with E-state index >= 15 is 0 Å². The molecular weight excluding hydrogens is 300 g/mol. The number of halogens is 5. The zero-order chi connectivity index (χ0) is 14.2. The van der Waals surface area contributed by atoms with E-state index in [1.807, 2.05) is 6.07 Å². The molecule has 1 aromatic carbocycles. The van der Waals surface area contributed by atoms with Gasteiger partial charge in [-0.1, -0.05) is 35.3 Å². The second-order valence-electron chi connectivity index (χ2n) is 3.63. The minimum absolute atomic E-state index is 0.000866. The number of hydrogen-bond acceptors (Lipinski definition) is 1. The van der Waals surface area contributed by atoms with E-state index in [0.717, 1.165) is 12.1 Å². The Bertz CT molecular complexity index is 622. The van der Waals surface area contributed by atoms with E-state index in [2.05, 4.69) is 5.32 Å². The normalized spacial score (nSPS) is 15.6. The van der Waals surface area contributed by atoms with Gasteiger partial charge in [-0.05, 0) is 12.1 Å². The number of allylic oxidation sites excluding steroid dienone is 2. The highest BCUT2D eigenvalue weighted by molar-refractivity contribution is 6.42. The van der Waals surface area contributed by atoms with E-state index in [9.17, 15) is 13.2 Å². The molecule has 1 aromatic rings. The predicted octanol–water partition coefficient (Wildman–Crippen LogP) is 4.20. The summed E-state index contributed by atoms with van der Waals surface area (Å²) in [5.41, 5.74) is -0.213. The van der Waals surface area contributed by atoms with E-state index in [-0.39, 0.29) is 21.5 Å². The fraction of sp³-hybridized carbons (Fsp3) is 0.0833. The summed E-state index contributed by atoms with van der Waals surface area (Å²) in [7, 11) is 0. The maximum absolute atomic E-state index is 12.4. The van der Waals surface area contributed by atoms with E-state index in [1.54, 1.807) is 0 Å². The number of rotatable bonds is 1. The lowest BCUT2D eigenvalue weighted by Gasteiger charge is -2.08. The Morgan fingerprint density at radius 3 is 2.16 bits per heavy atom. The highest BCUT2D eigenvalue weighted by Crippen LogP contribution is 2.36. The first kappa shape index (κ1) is 13.8. The molecular formula is C12H4Cl2F3N2. The molecule has 0 unspecified atom stereocenters. The average Bonchev–Trinajstić information content (AvgIpc) is 2.64. The molecule has 1 heterocycles. The standard InChI is InChI=1S/C12H4Cl2F3N2/c13-9-8(5-18)10(19-11(9)14)6-1-3-7(4-2-6)12(15,16)17/h1-4H. The highest BCUT2D eigenvalue weighted by Gasteiger charge is 2.31. The second kappa shape index (κ2) is 4.80. The van der Waals surface area contributed by atoms with Gasteiger partial charge in [-0.2, -0.15) is 18.4 Å². The van der Waals surface area contributed by atoms with Crippen molar-refractivity contribution in [2.24, 2.45) is 0 Å². The van der Waals surface area contributed by atoms with Gasteiger partial charge in [0.05, 0.1) is 16.3 Å². The van der Waals surface area contributed by atoms with E-state index in [4.69, 9.17) is 28.5 Å². The molecule has 2 rings (SSSR count). The summed E-state index contributed by atoms with van der Waals surface area (Å²) in [6.07, 6.45) is -4.41. The second-order valence-corrected chi connectivity index (χ2v) is 4.36. The third kappa shape index (κ3) is 2.55. The Balaban J connectivity index is 2.41. The number of benzene rings is 1. The van der Waals surface area contributed by atoms with E-state index in [0.29, 0.717) is 5.56 Å². The largest absolute Gasteiger partial charge is 0.416 e. The monoisotopic (exact) mass is 303 g/mol. The molecule has 0 spiro atoms. The van der Waals surface area contributed by atoms with Gasteiger partial charge in [0.2, 0.25) is 0 Å². The van der Waals surface area contributed by atoms with Crippen molar-refractivity contribution >= 4 is 28.9 Å². The first-order valence-corrected chi connectivity index (χ1v) is 5.69. The van der Waals surface area contributed by atoms with Crippen LogP contribution in [-0.4, -0.2) is 0 Å². The SMILES string of the molecule is N#CC1=C(c2ccc(C(F)(F)F)cc2)[N]C(Cl)=C1Cl. The van der Waals surface area contributed by atoms with Crippen LogP contribution in [0.5, 0.6) is 0 Å². The maximum atomic E-state index is 12.4. The molecule has 0 aliphatic carbocycles. The summed E-state index contributed by atoms with van der Waals surface area (Å²) in [6, 6.07) is 6.09. The molecule has 0 fully saturated rings. The zero-order valence-corrected chi connectivity index (χ0v) is 10.6. The summed E-state index contributed by atoms with van der Waals surface area (Å²) in [5, 5.41) is 12.8. The van der Waals surface area contributed by atoms with Crippen molar-refractivity contribution in [3.63, 3.8) is 0 Å². The van der Waals surface area contributed by atoms with Crippen molar-refractivity contribution in [1.29, 1.82) is 5.26 Å². The van der Waals surface area contributed by atoms with E-state index < -0.39 is 11.7 Å². The molecule has 0 bridgehead atoms. The average molecular weight is 304 g/mol. The Morgan fingerprint density at radius 1 is 1.11 bits per heavy atom. The molecule has 1 radical (unpaired) electrons. The lowest BCUT2D eigenvalue weighted by atomic mass is 10.1. The van der Waals surface area contributed by atoms with Crippen LogP contribution in [0, 0.1) is 11.3 Å². The number of alkyl halides is 3. The molecule has 97 valence electrons. The van der Waals surface area contributed by atoms with Crippen LogP contribution < -0.4 is 5.32 Å². The van der Waals surface area contributed by atoms with Gasteiger partial charge >= 0.3 is 6.18 Å². The minimum Gasteiger partial charge on any atom is -0.233 e. The third-order valence-electron chi connectivity index (χ3n) is 2.44. The van der Waals surface area contributed by atoms with Crippen molar-refractivity contribution in [3.05, 3.63) is 51.2 Å². The first-order chi connectivity index (χ1) is 8.84. The van der Waals surface area contributed by atoms with Crippen LogP contribution in [0.15, 0.2) is 40.0 Å². The van der Waals surface area contributed by atoms with Crippen molar-refractivity contribution in [2.75, 3.05) is 0 Å². The predicted molar refractivity (Wildman–Crippen MR) is 64.8 cm³/mol. The first-order valence-electron chi connectivity index (χ1n) is 4.94. The maximum Gasteiger partial charge on any atom is 0.416 e. The van der Waals surface area contributed by atoms with Crippen LogP contribution in [0.2, 0.25) is 0 Å². The molecule has 0 N–H and O–H groups in total.